The number of hydrogen-bond donors (Lipinski definition) is 2. The summed E-state index contributed by atoms with van der Waals surface area (Å²) < 4.78 is 5.24. The lowest BCUT2D eigenvalue weighted by atomic mass is 10.1. The van der Waals surface area contributed by atoms with Crippen LogP contribution < -0.4 is 5.32 Å². The van der Waals surface area contributed by atoms with Gasteiger partial charge in [-0.05, 0) is 49.6 Å². The van der Waals surface area contributed by atoms with Crippen LogP contribution in [0.4, 0.5) is 10.5 Å². The first-order chi connectivity index (χ1) is 11.1. The number of urea groups is 1. The van der Waals surface area contributed by atoms with Crippen molar-refractivity contribution in [3.05, 3.63) is 54.0 Å². The van der Waals surface area contributed by atoms with E-state index in [-0.39, 0.29) is 12.1 Å². The Morgan fingerprint density at radius 2 is 2.30 bits per heavy atom. The van der Waals surface area contributed by atoms with Crippen LogP contribution >= 0.6 is 0 Å². The summed E-state index contributed by atoms with van der Waals surface area (Å²) >= 11 is 0. The third-order valence-electron chi connectivity index (χ3n) is 4.27. The van der Waals surface area contributed by atoms with Gasteiger partial charge in [-0.3, -0.25) is 0 Å². The second kappa shape index (κ2) is 6.87. The molecular formula is C18H22N2O3. The van der Waals surface area contributed by atoms with Crippen molar-refractivity contribution in [3.63, 3.8) is 0 Å². The quantitative estimate of drug-likeness (QED) is 0.904. The summed E-state index contributed by atoms with van der Waals surface area (Å²) in [4.78, 5) is 14.3. The van der Waals surface area contributed by atoms with Gasteiger partial charge in [0.1, 0.15) is 11.9 Å². The number of likely N-dealkylation sites (tertiary alicyclic amines) is 1. The maximum Gasteiger partial charge on any atom is 0.322 e. The van der Waals surface area contributed by atoms with Crippen molar-refractivity contribution >= 4 is 11.7 Å². The number of aliphatic hydroxyl groups excluding tert-OH is 1. The molecule has 0 radical (unpaired) electrons. The van der Waals surface area contributed by atoms with Gasteiger partial charge in [0, 0.05) is 24.7 Å². The molecule has 2 unspecified atom stereocenters. The number of hydrogen-bond acceptors (Lipinski definition) is 3. The lowest BCUT2D eigenvalue weighted by Gasteiger charge is -2.26. The minimum Gasteiger partial charge on any atom is -0.467 e. The molecule has 0 saturated carbocycles. The number of benzene rings is 1. The Morgan fingerprint density at radius 1 is 1.43 bits per heavy atom. The molecule has 2 aromatic rings. The SMILES string of the molecule is Cc1cccc(NC(=O)N2CCCC2CC(O)c2ccco2)c1. The molecule has 3 rings (SSSR count). The fourth-order valence-corrected chi connectivity index (χ4v) is 3.12. The van der Waals surface area contributed by atoms with Gasteiger partial charge in [-0.25, -0.2) is 4.79 Å². The van der Waals surface area contributed by atoms with Crippen molar-refractivity contribution in [2.45, 2.75) is 38.3 Å². The predicted molar refractivity (Wildman–Crippen MR) is 88.2 cm³/mol. The number of anilines is 1. The molecule has 2 N–H and O–H groups in total. The zero-order valence-corrected chi connectivity index (χ0v) is 13.2. The van der Waals surface area contributed by atoms with E-state index >= 15 is 0 Å². The molecule has 5 nitrogen and oxygen atoms in total. The van der Waals surface area contributed by atoms with Crippen LogP contribution in [0.1, 0.15) is 36.7 Å². The molecule has 1 aliphatic heterocycles. The third kappa shape index (κ3) is 3.74. The zero-order chi connectivity index (χ0) is 16.2. The summed E-state index contributed by atoms with van der Waals surface area (Å²) in [7, 11) is 0. The number of nitrogens with one attached hydrogen (secondary N) is 1. The minimum atomic E-state index is -0.678. The van der Waals surface area contributed by atoms with Gasteiger partial charge in [-0.1, -0.05) is 12.1 Å². The van der Waals surface area contributed by atoms with E-state index in [9.17, 15) is 9.90 Å². The highest BCUT2D eigenvalue weighted by Gasteiger charge is 2.31. The van der Waals surface area contributed by atoms with Crippen LogP contribution in [0.2, 0.25) is 0 Å². The Balaban J connectivity index is 1.63. The fraction of sp³-hybridized carbons (Fsp3) is 0.389. The van der Waals surface area contributed by atoms with Gasteiger partial charge < -0.3 is 19.7 Å². The summed E-state index contributed by atoms with van der Waals surface area (Å²) in [5.74, 6) is 0.552. The van der Waals surface area contributed by atoms with Gasteiger partial charge in [0.15, 0.2) is 0 Å². The van der Waals surface area contributed by atoms with E-state index in [4.69, 9.17) is 4.42 Å². The van der Waals surface area contributed by atoms with Crippen LogP contribution in [0, 0.1) is 6.92 Å². The molecule has 0 aliphatic carbocycles. The highest BCUT2D eigenvalue weighted by atomic mass is 16.4. The number of amides is 2. The first-order valence-electron chi connectivity index (χ1n) is 7.99. The molecule has 2 atom stereocenters. The molecule has 1 aromatic heterocycles. The van der Waals surface area contributed by atoms with E-state index in [1.54, 1.807) is 18.4 Å². The van der Waals surface area contributed by atoms with Gasteiger partial charge in [-0.2, -0.15) is 0 Å². The maximum atomic E-state index is 12.5. The van der Waals surface area contributed by atoms with E-state index in [0.717, 1.165) is 24.1 Å². The van der Waals surface area contributed by atoms with Gasteiger partial charge in [0.25, 0.3) is 0 Å². The number of aliphatic hydroxyl groups is 1. The highest BCUT2D eigenvalue weighted by Crippen LogP contribution is 2.28. The zero-order valence-electron chi connectivity index (χ0n) is 13.2. The normalized spacial score (nSPS) is 18.9. The average molecular weight is 314 g/mol. The standard InChI is InChI=1S/C18H22N2O3/c1-13-5-2-6-14(11-13)19-18(22)20-9-3-7-15(20)12-16(21)17-8-4-10-23-17/h2,4-6,8,10-11,15-16,21H,3,7,9,12H2,1H3,(H,19,22). The molecular weight excluding hydrogens is 292 g/mol. The molecule has 1 aliphatic rings. The smallest absolute Gasteiger partial charge is 0.322 e. The van der Waals surface area contributed by atoms with Crippen molar-refractivity contribution in [3.8, 4) is 0 Å². The first kappa shape index (κ1) is 15.6. The van der Waals surface area contributed by atoms with Gasteiger partial charge >= 0.3 is 6.03 Å². The number of carbonyl (C=O) groups is 1. The predicted octanol–water partition coefficient (Wildman–Crippen LogP) is 3.71. The van der Waals surface area contributed by atoms with E-state index in [1.165, 1.54) is 0 Å². The first-order valence-corrected chi connectivity index (χ1v) is 7.99. The van der Waals surface area contributed by atoms with Gasteiger partial charge in [0.05, 0.1) is 6.26 Å². The van der Waals surface area contributed by atoms with E-state index < -0.39 is 6.10 Å². The third-order valence-corrected chi connectivity index (χ3v) is 4.27. The van der Waals surface area contributed by atoms with Crippen LogP contribution in [0.5, 0.6) is 0 Å². The maximum absolute atomic E-state index is 12.5. The monoisotopic (exact) mass is 314 g/mol. The largest absolute Gasteiger partial charge is 0.467 e. The minimum absolute atomic E-state index is 0.0277. The highest BCUT2D eigenvalue weighted by molar-refractivity contribution is 5.89. The summed E-state index contributed by atoms with van der Waals surface area (Å²) in [6.45, 7) is 2.71. The number of rotatable bonds is 4. The molecule has 5 heteroatoms. The number of furan rings is 1. The Morgan fingerprint density at radius 3 is 3.04 bits per heavy atom. The average Bonchev–Trinajstić information content (AvgIpc) is 3.18. The Bertz CT molecular complexity index is 654. The molecule has 23 heavy (non-hydrogen) atoms. The lowest BCUT2D eigenvalue weighted by Crippen LogP contribution is -2.39. The number of aryl methyl sites for hydroxylation is 1. The Hall–Kier alpha value is -2.27. The van der Waals surface area contributed by atoms with Crippen molar-refractivity contribution in [1.29, 1.82) is 0 Å². The summed E-state index contributed by atoms with van der Waals surface area (Å²) in [6.07, 6.45) is 3.22. The molecule has 1 aromatic carbocycles. The molecule has 122 valence electrons. The summed E-state index contributed by atoms with van der Waals surface area (Å²) in [6, 6.07) is 11.2. The van der Waals surface area contributed by atoms with Gasteiger partial charge in [-0.15, -0.1) is 0 Å². The van der Waals surface area contributed by atoms with Crippen LogP contribution in [0.15, 0.2) is 47.1 Å². The topological polar surface area (TPSA) is 65.7 Å². The molecule has 2 heterocycles. The van der Waals surface area contributed by atoms with Crippen LogP contribution in [-0.2, 0) is 0 Å². The fourth-order valence-electron chi connectivity index (χ4n) is 3.12. The molecule has 1 saturated heterocycles. The lowest BCUT2D eigenvalue weighted by molar-refractivity contribution is 0.110. The van der Waals surface area contributed by atoms with E-state index in [1.807, 2.05) is 36.1 Å². The van der Waals surface area contributed by atoms with Crippen LogP contribution in [-0.4, -0.2) is 28.6 Å². The van der Waals surface area contributed by atoms with Gasteiger partial charge in [0.2, 0.25) is 0 Å². The van der Waals surface area contributed by atoms with Crippen molar-refractivity contribution in [1.82, 2.24) is 4.90 Å². The van der Waals surface area contributed by atoms with Crippen LogP contribution in [0.25, 0.3) is 0 Å². The molecule has 1 fully saturated rings. The molecule has 2 amide bonds. The van der Waals surface area contributed by atoms with Crippen molar-refractivity contribution in [2.75, 3.05) is 11.9 Å². The number of nitrogens with zero attached hydrogens (tertiary/aromatic N) is 1. The number of carbonyl (C=O) groups excluding carboxylic acids is 1. The molecule has 0 bridgehead atoms. The summed E-state index contributed by atoms with van der Waals surface area (Å²) in [5.41, 5.74) is 1.90. The second-order valence-corrected chi connectivity index (χ2v) is 6.06. The van der Waals surface area contributed by atoms with Crippen molar-refractivity contribution < 1.29 is 14.3 Å². The van der Waals surface area contributed by atoms with E-state index in [2.05, 4.69) is 5.32 Å². The second-order valence-electron chi connectivity index (χ2n) is 6.06. The van der Waals surface area contributed by atoms with E-state index in [0.29, 0.717) is 18.7 Å². The van der Waals surface area contributed by atoms with Crippen LogP contribution in [0.3, 0.4) is 0 Å². The summed E-state index contributed by atoms with van der Waals surface area (Å²) in [5, 5.41) is 13.2. The Labute approximate surface area is 135 Å². The Kier molecular flexibility index (Phi) is 4.67. The van der Waals surface area contributed by atoms with Crippen molar-refractivity contribution in [2.24, 2.45) is 0 Å². The molecule has 0 spiro atoms.